The molecule has 2 N–H and O–H groups in total. The highest BCUT2D eigenvalue weighted by Crippen LogP contribution is 2.15. The fourth-order valence-electron chi connectivity index (χ4n) is 1.17. The Morgan fingerprint density at radius 1 is 1.31 bits per heavy atom. The van der Waals surface area contributed by atoms with Crippen molar-refractivity contribution in [2.24, 2.45) is 5.73 Å². The maximum absolute atomic E-state index is 12.0. The van der Waals surface area contributed by atoms with Crippen molar-refractivity contribution in [2.45, 2.75) is 12.6 Å². The number of alkyl halides is 3. The Hall–Kier alpha value is -0.820. The van der Waals surface area contributed by atoms with Gasteiger partial charge in [-0.3, -0.25) is 9.69 Å². The van der Waals surface area contributed by atoms with Gasteiger partial charge in [0, 0.05) is 13.6 Å². The van der Waals surface area contributed by atoms with E-state index in [0.717, 1.165) is 4.90 Å². The third-order valence-electron chi connectivity index (χ3n) is 1.98. The summed E-state index contributed by atoms with van der Waals surface area (Å²) in [5.41, 5.74) is 5.26. The maximum atomic E-state index is 12.0. The van der Waals surface area contributed by atoms with Crippen LogP contribution in [0.2, 0.25) is 0 Å². The van der Waals surface area contributed by atoms with Crippen LogP contribution < -0.4 is 5.73 Å². The Morgan fingerprint density at radius 3 is 2.31 bits per heavy atom. The molecule has 0 aromatic heterocycles. The van der Waals surface area contributed by atoms with Crippen molar-refractivity contribution in [1.29, 1.82) is 0 Å². The molecule has 0 fully saturated rings. The lowest BCUT2D eigenvalue weighted by molar-refractivity contribution is -0.148. The predicted molar refractivity (Wildman–Crippen MR) is 54.9 cm³/mol. The number of rotatable bonds is 6. The summed E-state index contributed by atoms with van der Waals surface area (Å²) in [5, 5.41) is 0. The molecule has 0 unspecified atom stereocenters. The Bertz CT molecular complexity index is 221. The first kappa shape index (κ1) is 15.2. The Balaban J connectivity index is 3.94. The third-order valence-corrected chi connectivity index (χ3v) is 1.98. The van der Waals surface area contributed by atoms with Gasteiger partial charge in [-0.2, -0.15) is 13.2 Å². The molecule has 0 bridgehead atoms. The summed E-state index contributed by atoms with van der Waals surface area (Å²) in [6, 6.07) is 0. The van der Waals surface area contributed by atoms with Crippen LogP contribution in [-0.2, 0) is 4.79 Å². The zero-order valence-electron chi connectivity index (χ0n) is 9.55. The van der Waals surface area contributed by atoms with E-state index in [1.807, 2.05) is 0 Å². The number of nitrogens with zero attached hydrogens (tertiary/aromatic N) is 2. The van der Waals surface area contributed by atoms with E-state index in [1.165, 1.54) is 11.9 Å². The second-order valence-electron chi connectivity index (χ2n) is 3.74. The fourth-order valence-corrected chi connectivity index (χ4v) is 1.17. The van der Waals surface area contributed by atoms with Crippen LogP contribution in [0.25, 0.3) is 0 Å². The number of halogens is 3. The van der Waals surface area contributed by atoms with Crippen LogP contribution in [0.3, 0.4) is 0 Å². The molecule has 0 aromatic rings. The minimum Gasteiger partial charge on any atom is -0.345 e. The van der Waals surface area contributed by atoms with Crippen molar-refractivity contribution in [1.82, 2.24) is 9.80 Å². The summed E-state index contributed by atoms with van der Waals surface area (Å²) >= 11 is 0. The molecule has 96 valence electrons. The normalized spacial score (nSPS) is 11.9. The minimum atomic E-state index is -4.27. The van der Waals surface area contributed by atoms with Crippen LogP contribution in [-0.4, -0.2) is 62.2 Å². The van der Waals surface area contributed by atoms with E-state index >= 15 is 0 Å². The SMILES string of the molecule is CN(CC(=O)N(C)CCCN)CC(F)(F)F. The molecule has 0 heterocycles. The first-order chi connectivity index (χ1) is 7.26. The summed E-state index contributed by atoms with van der Waals surface area (Å²) in [4.78, 5) is 13.8. The molecule has 0 saturated carbocycles. The molecule has 0 atom stereocenters. The molecule has 16 heavy (non-hydrogen) atoms. The number of likely N-dealkylation sites (N-methyl/N-ethyl adjacent to an activating group) is 2. The second kappa shape index (κ2) is 6.70. The van der Waals surface area contributed by atoms with Crippen LogP contribution in [0.4, 0.5) is 13.2 Å². The predicted octanol–water partition coefficient (Wildman–Crippen LogP) is 0.288. The van der Waals surface area contributed by atoms with Gasteiger partial charge in [-0.05, 0) is 20.0 Å². The molecule has 0 aromatic carbocycles. The fraction of sp³-hybridized carbons (Fsp3) is 0.889. The number of nitrogens with two attached hydrogens (primary N) is 1. The van der Waals surface area contributed by atoms with E-state index in [2.05, 4.69) is 0 Å². The zero-order chi connectivity index (χ0) is 12.8. The third kappa shape index (κ3) is 7.47. The van der Waals surface area contributed by atoms with Crippen molar-refractivity contribution in [3.05, 3.63) is 0 Å². The Kier molecular flexibility index (Phi) is 6.35. The van der Waals surface area contributed by atoms with Gasteiger partial charge in [-0.15, -0.1) is 0 Å². The average Bonchev–Trinajstić information content (AvgIpc) is 2.10. The molecule has 0 aliphatic rings. The summed E-state index contributed by atoms with van der Waals surface area (Å²) < 4.78 is 35.9. The van der Waals surface area contributed by atoms with Gasteiger partial charge in [0.1, 0.15) is 0 Å². The molecule has 0 aliphatic carbocycles. The monoisotopic (exact) mass is 241 g/mol. The van der Waals surface area contributed by atoms with Crippen LogP contribution in [0.1, 0.15) is 6.42 Å². The van der Waals surface area contributed by atoms with Gasteiger partial charge >= 0.3 is 6.18 Å². The lowest BCUT2D eigenvalue weighted by Gasteiger charge is -2.22. The molecule has 0 spiro atoms. The van der Waals surface area contributed by atoms with Crippen molar-refractivity contribution >= 4 is 5.91 Å². The first-order valence-corrected chi connectivity index (χ1v) is 4.95. The molecular formula is C9H18F3N3O. The van der Waals surface area contributed by atoms with Crippen LogP contribution in [0.15, 0.2) is 0 Å². The van der Waals surface area contributed by atoms with E-state index < -0.39 is 12.7 Å². The topological polar surface area (TPSA) is 49.6 Å². The van der Waals surface area contributed by atoms with Crippen molar-refractivity contribution in [2.75, 3.05) is 40.3 Å². The smallest absolute Gasteiger partial charge is 0.345 e. The second-order valence-corrected chi connectivity index (χ2v) is 3.74. The standard InChI is InChI=1S/C9H18F3N3O/c1-14(7-9(10,11)12)6-8(16)15(2)5-3-4-13/h3-7,13H2,1-2H3. The van der Waals surface area contributed by atoms with Gasteiger partial charge in [-0.25, -0.2) is 0 Å². The molecule has 0 rings (SSSR count). The zero-order valence-corrected chi connectivity index (χ0v) is 9.55. The molecule has 4 nitrogen and oxygen atoms in total. The quantitative estimate of drug-likeness (QED) is 0.727. The molecule has 1 amide bonds. The van der Waals surface area contributed by atoms with Crippen LogP contribution in [0, 0.1) is 0 Å². The van der Waals surface area contributed by atoms with Gasteiger partial charge in [-0.1, -0.05) is 0 Å². The molecule has 0 radical (unpaired) electrons. The minimum absolute atomic E-state index is 0.236. The van der Waals surface area contributed by atoms with E-state index in [0.29, 0.717) is 19.5 Å². The van der Waals surface area contributed by atoms with Crippen molar-refractivity contribution in [3.63, 3.8) is 0 Å². The van der Waals surface area contributed by atoms with E-state index in [9.17, 15) is 18.0 Å². The van der Waals surface area contributed by atoms with Gasteiger partial charge in [0.05, 0.1) is 13.1 Å². The van der Waals surface area contributed by atoms with Gasteiger partial charge < -0.3 is 10.6 Å². The number of carbonyl (C=O) groups excluding carboxylic acids is 1. The Morgan fingerprint density at radius 2 is 1.88 bits per heavy atom. The van der Waals surface area contributed by atoms with Crippen molar-refractivity contribution in [3.8, 4) is 0 Å². The number of hydrogen-bond donors (Lipinski definition) is 1. The highest BCUT2D eigenvalue weighted by molar-refractivity contribution is 5.77. The molecule has 7 heteroatoms. The number of hydrogen-bond acceptors (Lipinski definition) is 3. The summed E-state index contributed by atoms with van der Waals surface area (Å²) in [6.07, 6.45) is -3.63. The van der Waals surface area contributed by atoms with E-state index in [1.54, 1.807) is 7.05 Å². The van der Waals surface area contributed by atoms with E-state index in [4.69, 9.17) is 5.73 Å². The molecule has 0 aliphatic heterocycles. The molecule has 0 saturated heterocycles. The number of amides is 1. The summed E-state index contributed by atoms with van der Waals surface area (Å²) in [5.74, 6) is -0.333. The molecular weight excluding hydrogens is 223 g/mol. The first-order valence-electron chi connectivity index (χ1n) is 4.95. The van der Waals surface area contributed by atoms with E-state index in [-0.39, 0.29) is 12.5 Å². The van der Waals surface area contributed by atoms with Crippen molar-refractivity contribution < 1.29 is 18.0 Å². The lowest BCUT2D eigenvalue weighted by atomic mass is 10.3. The Labute approximate surface area is 93.2 Å². The number of carbonyl (C=O) groups is 1. The highest BCUT2D eigenvalue weighted by Gasteiger charge is 2.30. The van der Waals surface area contributed by atoms with Crippen LogP contribution in [0.5, 0.6) is 0 Å². The summed E-state index contributed by atoms with van der Waals surface area (Å²) in [6.45, 7) is -0.394. The lowest BCUT2D eigenvalue weighted by Crippen LogP contribution is -2.40. The summed E-state index contributed by atoms with van der Waals surface area (Å²) in [7, 11) is 2.82. The average molecular weight is 241 g/mol. The van der Waals surface area contributed by atoms with Gasteiger partial charge in [0.25, 0.3) is 0 Å². The van der Waals surface area contributed by atoms with Gasteiger partial charge in [0.2, 0.25) is 5.91 Å². The highest BCUT2D eigenvalue weighted by atomic mass is 19.4. The van der Waals surface area contributed by atoms with Crippen LogP contribution >= 0.6 is 0 Å². The van der Waals surface area contributed by atoms with Gasteiger partial charge in [0.15, 0.2) is 0 Å². The maximum Gasteiger partial charge on any atom is 0.401 e. The largest absolute Gasteiger partial charge is 0.401 e.